The Labute approximate surface area is 272 Å². The quantitative estimate of drug-likeness (QED) is 0.179. The van der Waals surface area contributed by atoms with Crippen molar-refractivity contribution in [1.29, 1.82) is 0 Å². The Balaban J connectivity index is 1.22. The minimum absolute atomic E-state index is 0.821. The predicted molar refractivity (Wildman–Crippen MR) is 199 cm³/mol. The SMILES string of the molecule is O=P(c1ccccc1)(c1ccccc1)c1cccc(-c2cccc(-c3cc4c5ccc6ccccc6c5oc4c4ccccc34)c2)c1. The maximum absolute atomic E-state index is 15.1. The van der Waals surface area contributed by atoms with Gasteiger partial charge in [-0.3, -0.25) is 0 Å². The normalized spacial score (nSPS) is 11.9. The molecule has 0 bridgehead atoms. The monoisotopic (exact) mass is 620 g/mol. The standard InChI is InChI=1S/C44H29O2P/c45-47(34-17-3-1-4-18-34,35-19-5-2-6-20-35)36-21-12-15-32(28-36)31-14-11-16-33(27-31)41-29-42-40-26-25-30-13-7-8-22-37(30)43(40)46-44(42)39-24-10-9-23-38(39)41/h1-29H. The molecule has 1 aromatic heterocycles. The van der Waals surface area contributed by atoms with Gasteiger partial charge in [-0.2, -0.15) is 0 Å². The van der Waals surface area contributed by atoms with Crippen LogP contribution in [0.1, 0.15) is 0 Å². The summed E-state index contributed by atoms with van der Waals surface area (Å²) in [7, 11) is -3.10. The lowest BCUT2D eigenvalue weighted by molar-refractivity contribution is 0.592. The van der Waals surface area contributed by atoms with Gasteiger partial charge in [0.15, 0.2) is 7.14 Å². The van der Waals surface area contributed by atoms with Crippen LogP contribution in [0.4, 0.5) is 0 Å². The van der Waals surface area contributed by atoms with E-state index in [9.17, 15) is 0 Å². The Bertz CT molecular complexity index is 2610. The highest BCUT2D eigenvalue weighted by Crippen LogP contribution is 2.44. The number of fused-ring (bicyclic) bond motifs is 7. The molecule has 1 heterocycles. The molecule has 0 aliphatic rings. The van der Waals surface area contributed by atoms with Crippen LogP contribution in [0.25, 0.3) is 65.7 Å². The van der Waals surface area contributed by atoms with Crippen molar-refractivity contribution in [2.45, 2.75) is 0 Å². The topological polar surface area (TPSA) is 30.2 Å². The number of furan rings is 1. The molecule has 47 heavy (non-hydrogen) atoms. The van der Waals surface area contributed by atoms with Crippen molar-refractivity contribution in [3.8, 4) is 22.3 Å². The van der Waals surface area contributed by atoms with Crippen LogP contribution in [-0.4, -0.2) is 0 Å². The molecule has 0 aliphatic carbocycles. The maximum atomic E-state index is 15.1. The van der Waals surface area contributed by atoms with Crippen LogP contribution in [-0.2, 0) is 4.57 Å². The van der Waals surface area contributed by atoms with E-state index in [4.69, 9.17) is 4.42 Å². The number of rotatable bonds is 5. The van der Waals surface area contributed by atoms with E-state index in [0.29, 0.717) is 0 Å². The summed E-state index contributed by atoms with van der Waals surface area (Å²) >= 11 is 0. The van der Waals surface area contributed by atoms with Crippen molar-refractivity contribution in [1.82, 2.24) is 0 Å². The van der Waals surface area contributed by atoms with E-state index in [1.165, 1.54) is 5.39 Å². The fraction of sp³-hybridized carbons (Fsp3) is 0. The van der Waals surface area contributed by atoms with E-state index in [0.717, 1.165) is 76.3 Å². The van der Waals surface area contributed by atoms with E-state index in [-0.39, 0.29) is 0 Å². The third-order valence-corrected chi connectivity index (χ3v) is 12.4. The first-order chi connectivity index (χ1) is 23.2. The highest BCUT2D eigenvalue weighted by atomic mass is 31.2. The van der Waals surface area contributed by atoms with Gasteiger partial charge in [0.1, 0.15) is 11.2 Å². The van der Waals surface area contributed by atoms with E-state index in [1.54, 1.807) is 0 Å². The van der Waals surface area contributed by atoms with Crippen LogP contribution in [0.15, 0.2) is 180 Å². The summed E-state index contributed by atoms with van der Waals surface area (Å²) < 4.78 is 21.8. The van der Waals surface area contributed by atoms with Crippen LogP contribution in [0.3, 0.4) is 0 Å². The maximum Gasteiger partial charge on any atom is 0.171 e. The number of hydrogen-bond donors (Lipinski definition) is 0. The Kier molecular flexibility index (Phi) is 6.45. The van der Waals surface area contributed by atoms with Gasteiger partial charge in [0.05, 0.1) is 0 Å². The van der Waals surface area contributed by atoms with Crippen LogP contribution in [0.5, 0.6) is 0 Å². The summed E-state index contributed by atoms with van der Waals surface area (Å²) in [5, 5.41) is 9.24. The van der Waals surface area contributed by atoms with Crippen molar-refractivity contribution in [3.05, 3.63) is 176 Å². The summed E-state index contributed by atoms with van der Waals surface area (Å²) in [6.45, 7) is 0. The fourth-order valence-electron chi connectivity index (χ4n) is 7.04. The van der Waals surface area contributed by atoms with Crippen molar-refractivity contribution >= 4 is 66.5 Å². The highest BCUT2D eigenvalue weighted by Gasteiger charge is 2.29. The van der Waals surface area contributed by atoms with Gasteiger partial charge < -0.3 is 8.98 Å². The van der Waals surface area contributed by atoms with Crippen LogP contribution < -0.4 is 15.9 Å². The first-order valence-electron chi connectivity index (χ1n) is 15.9. The summed E-state index contributed by atoms with van der Waals surface area (Å²) in [6, 6.07) is 60.2. The van der Waals surface area contributed by atoms with E-state index < -0.39 is 7.14 Å². The molecule has 0 spiro atoms. The van der Waals surface area contributed by atoms with Gasteiger partial charge in [-0.05, 0) is 57.3 Å². The summed E-state index contributed by atoms with van der Waals surface area (Å²) in [5.41, 5.74) is 6.22. The molecule has 0 N–H and O–H groups in total. The number of hydrogen-bond acceptors (Lipinski definition) is 2. The molecule has 0 atom stereocenters. The van der Waals surface area contributed by atoms with Gasteiger partial charge in [-0.15, -0.1) is 0 Å². The second-order valence-corrected chi connectivity index (χ2v) is 14.8. The zero-order chi connectivity index (χ0) is 31.4. The first kappa shape index (κ1) is 27.6. The minimum atomic E-state index is -3.10. The smallest absolute Gasteiger partial charge is 0.171 e. The lowest BCUT2D eigenvalue weighted by atomic mass is 9.93. The fourth-order valence-corrected chi connectivity index (χ4v) is 9.73. The van der Waals surface area contributed by atoms with Crippen LogP contribution in [0.2, 0.25) is 0 Å². The molecule has 0 radical (unpaired) electrons. The molecule has 0 amide bonds. The average molecular weight is 621 g/mol. The molecule has 3 heteroatoms. The molecule has 9 aromatic rings. The molecule has 222 valence electrons. The van der Waals surface area contributed by atoms with Gasteiger partial charge in [0.25, 0.3) is 0 Å². The summed E-state index contributed by atoms with van der Waals surface area (Å²) in [5.74, 6) is 0. The second-order valence-electron chi connectivity index (χ2n) is 12.0. The third-order valence-electron chi connectivity index (χ3n) is 9.33. The first-order valence-corrected chi connectivity index (χ1v) is 17.6. The highest BCUT2D eigenvalue weighted by molar-refractivity contribution is 7.85. The van der Waals surface area contributed by atoms with Crippen LogP contribution >= 0.6 is 7.14 Å². The molecule has 0 fully saturated rings. The van der Waals surface area contributed by atoms with Gasteiger partial charge in [0, 0.05) is 37.5 Å². The summed E-state index contributed by atoms with van der Waals surface area (Å²) in [4.78, 5) is 0. The second kappa shape index (κ2) is 11.0. The predicted octanol–water partition coefficient (Wildman–Crippen LogP) is 10.9. The molecule has 9 rings (SSSR count). The van der Waals surface area contributed by atoms with E-state index >= 15 is 4.57 Å². The average Bonchev–Trinajstić information content (AvgIpc) is 3.54. The third kappa shape index (κ3) is 4.45. The van der Waals surface area contributed by atoms with E-state index in [2.05, 4.69) is 103 Å². The molecule has 0 saturated heterocycles. The lowest BCUT2D eigenvalue weighted by Gasteiger charge is -2.20. The molecule has 2 nitrogen and oxygen atoms in total. The Hall–Kier alpha value is -5.69. The van der Waals surface area contributed by atoms with Gasteiger partial charge in [-0.25, -0.2) is 0 Å². The molecular weight excluding hydrogens is 591 g/mol. The van der Waals surface area contributed by atoms with Crippen molar-refractivity contribution in [2.75, 3.05) is 0 Å². The lowest BCUT2D eigenvalue weighted by Crippen LogP contribution is -2.25. The minimum Gasteiger partial charge on any atom is -0.455 e. The molecule has 8 aromatic carbocycles. The van der Waals surface area contributed by atoms with Gasteiger partial charge in [-0.1, -0.05) is 152 Å². The molecule has 0 aliphatic heterocycles. The molecular formula is C44H29O2P. The Morgan fingerprint density at radius 3 is 1.64 bits per heavy atom. The van der Waals surface area contributed by atoms with Crippen molar-refractivity contribution < 1.29 is 8.98 Å². The summed E-state index contributed by atoms with van der Waals surface area (Å²) in [6.07, 6.45) is 0. The molecule has 0 saturated carbocycles. The van der Waals surface area contributed by atoms with Crippen LogP contribution in [0, 0.1) is 0 Å². The Morgan fingerprint density at radius 1 is 0.362 bits per heavy atom. The van der Waals surface area contributed by atoms with Gasteiger partial charge >= 0.3 is 0 Å². The zero-order valence-electron chi connectivity index (χ0n) is 25.5. The van der Waals surface area contributed by atoms with Gasteiger partial charge in [0.2, 0.25) is 0 Å². The largest absolute Gasteiger partial charge is 0.455 e. The van der Waals surface area contributed by atoms with E-state index in [1.807, 2.05) is 72.8 Å². The van der Waals surface area contributed by atoms with Crippen molar-refractivity contribution in [2.24, 2.45) is 0 Å². The molecule has 0 unspecified atom stereocenters. The van der Waals surface area contributed by atoms with Crippen molar-refractivity contribution in [3.63, 3.8) is 0 Å². The number of benzene rings is 8. The Morgan fingerprint density at radius 2 is 0.894 bits per heavy atom. The zero-order valence-corrected chi connectivity index (χ0v) is 26.4.